The van der Waals surface area contributed by atoms with Crippen LogP contribution in [0.25, 0.3) is 0 Å². The number of benzene rings is 3. The lowest BCUT2D eigenvalue weighted by Crippen LogP contribution is -2.50. The second-order valence-electron chi connectivity index (χ2n) is 8.76. The molecule has 0 saturated carbocycles. The molecule has 0 heterocycles. The topological polar surface area (TPSA) is 96.0 Å². The van der Waals surface area contributed by atoms with Crippen molar-refractivity contribution in [3.8, 4) is 5.75 Å². The third kappa shape index (κ3) is 6.48. The number of carbonyl (C=O) groups is 2. The van der Waals surface area contributed by atoms with Gasteiger partial charge >= 0.3 is 0 Å². The van der Waals surface area contributed by atoms with Crippen molar-refractivity contribution in [1.82, 2.24) is 10.2 Å². The van der Waals surface area contributed by atoms with E-state index in [1.807, 2.05) is 38.1 Å². The summed E-state index contributed by atoms with van der Waals surface area (Å²) in [6, 6.07) is 19.7. The molecule has 196 valence electrons. The quantitative estimate of drug-likeness (QED) is 0.438. The van der Waals surface area contributed by atoms with Crippen molar-refractivity contribution in [2.24, 2.45) is 0 Å². The molecule has 2 amide bonds. The average molecular weight is 524 g/mol. The molecule has 0 aliphatic rings. The van der Waals surface area contributed by atoms with E-state index in [1.165, 1.54) is 31.2 Å². The van der Waals surface area contributed by atoms with Crippen LogP contribution >= 0.6 is 0 Å². The van der Waals surface area contributed by atoms with Crippen molar-refractivity contribution in [2.75, 3.05) is 25.0 Å². The minimum Gasteiger partial charge on any atom is -0.497 e. The number of hydrogen-bond acceptors (Lipinski definition) is 5. The van der Waals surface area contributed by atoms with Crippen LogP contribution in [0.1, 0.15) is 23.6 Å². The largest absolute Gasteiger partial charge is 0.497 e. The number of ether oxygens (including phenoxy) is 1. The summed E-state index contributed by atoms with van der Waals surface area (Å²) in [4.78, 5) is 27.8. The SMILES string of the molecule is CNC(=O)[C@H](C)N(Cc1ccccc1C)C(=O)CN(c1cccc(OC)c1)S(=O)(=O)c1ccc(C)cc1. The number of rotatable bonds is 10. The van der Waals surface area contributed by atoms with Crippen LogP contribution < -0.4 is 14.4 Å². The molecular weight excluding hydrogens is 490 g/mol. The van der Waals surface area contributed by atoms with Gasteiger partial charge in [-0.2, -0.15) is 0 Å². The molecule has 0 radical (unpaired) electrons. The summed E-state index contributed by atoms with van der Waals surface area (Å²) < 4.78 is 34.0. The first-order valence-corrected chi connectivity index (χ1v) is 13.3. The number of hydrogen-bond donors (Lipinski definition) is 1. The van der Waals surface area contributed by atoms with Gasteiger partial charge in [0.05, 0.1) is 17.7 Å². The molecule has 0 bridgehead atoms. The van der Waals surface area contributed by atoms with E-state index in [0.29, 0.717) is 5.75 Å². The number of likely N-dealkylation sites (N-methyl/N-ethyl adjacent to an activating group) is 1. The Labute approximate surface area is 218 Å². The number of aryl methyl sites for hydroxylation is 2. The molecule has 1 atom stereocenters. The molecule has 0 spiro atoms. The van der Waals surface area contributed by atoms with Gasteiger partial charge in [-0.05, 0) is 56.2 Å². The number of amides is 2. The standard InChI is InChI=1S/C28H33N3O5S/c1-20-13-15-26(16-14-20)37(34,35)31(24-11-8-12-25(17-24)36-5)19-27(32)30(22(3)28(33)29-4)18-23-10-7-6-9-21(23)2/h6-17,22H,18-19H2,1-5H3,(H,29,33)/t22-/m0/s1. The number of methoxy groups -OCH3 is 1. The molecule has 1 N–H and O–H groups in total. The van der Waals surface area contributed by atoms with Crippen LogP contribution in [0.3, 0.4) is 0 Å². The third-order valence-corrected chi connectivity index (χ3v) is 8.03. The van der Waals surface area contributed by atoms with E-state index in [4.69, 9.17) is 4.74 Å². The van der Waals surface area contributed by atoms with E-state index in [-0.39, 0.29) is 23.0 Å². The van der Waals surface area contributed by atoms with Crippen molar-refractivity contribution in [3.63, 3.8) is 0 Å². The van der Waals surface area contributed by atoms with Crippen molar-refractivity contribution in [3.05, 3.63) is 89.5 Å². The van der Waals surface area contributed by atoms with Crippen molar-refractivity contribution in [2.45, 2.75) is 38.3 Å². The molecule has 0 aromatic heterocycles. The highest BCUT2D eigenvalue weighted by molar-refractivity contribution is 7.92. The van der Waals surface area contributed by atoms with Gasteiger partial charge in [0.25, 0.3) is 10.0 Å². The summed E-state index contributed by atoms with van der Waals surface area (Å²) in [7, 11) is -1.14. The van der Waals surface area contributed by atoms with Crippen molar-refractivity contribution < 1.29 is 22.7 Å². The number of nitrogens with one attached hydrogen (secondary N) is 1. The predicted molar refractivity (Wildman–Crippen MR) is 144 cm³/mol. The first-order valence-electron chi connectivity index (χ1n) is 11.9. The minimum atomic E-state index is -4.13. The maximum atomic E-state index is 13.8. The zero-order chi connectivity index (χ0) is 27.2. The number of anilines is 1. The van der Waals surface area contributed by atoms with Gasteiger partial charge in [-0.3, -0.25) is 13.9 Å². The van der Waals surface area contributed by atoms with Gasteiger partial charge in [-0.25, -0.2) is 8.42 Å². The van der Waals surface area contributed by atoms with Crippen LogP contribution in [0.4, 0.5) is 5.69 Å². The molecule has 37 heavy (non-hydrogen) atoms. The second kappa shape index (κ2) is 11.9. The highest BCUT2D eigenvalue weighted by Crippen LogP contribution is 2.28. The lowest BCUT2D eigenvalue weighted by atomic mass is 10.1. The van der Waals surface area contributed by atoms with Gasteiger partial charge in [-0.15, -0.1) is 0 Å². The molecule has 3 aromatic rings. The van der Waals surface area contributed by atoms with Gasteiger partial charge in [0.1, 0.15) is 18.3 Å². The Balaban J connectivity index is 2.06. The highest BCUT2D eigenvalue weighted by atomic mass is 32.2. The summed E-state index contributed by atoms with van der Waals surface area (Å²) in [6.07, 6.45) is 0. The van der Waals surface area contributed by atoms with E-state index < -0.39 is 28.5 Å². The van der Waals surface area contributed by atoms with E-state index in [0.717, 1.165) is 21.0 Å². The maximum absolute atomic E-state index is 13.8. The third-order valence-electron chi connectivity index (χ3n) is 6.24. The molecule has 0 saturated heterocycles. The number of nitrogens with zero attached hydrogens (tertiary/aromatic N) is 2. The first kappa shape index (κ1) is 27.7. The number of sulfonamides is 1. The summed E-state index contributed by atoms with van der Waals surface area (Å²) in [5.74, 6) is -0.418. The highest BCUT2D eigenvalue weighted by Gasteiger charge is 2.32. The summed E-state index contributed by atoms with van der Waals surface area (Å²) in [5.41, 5.74) is 3.01. The Kier molecular flexibility index (Phi) is 8.94. The van der Waals surface area contributed by atoms with Crippen molar-refractivity contribution in [1.29, 1.82) is 0 Å². The van der Waals surface area contributed by atoms with E-state index in [9.17, 15) is 18.0 Å². The zero-order valence-corrected chi connectivity index (χ0v) is 22.6. The van der Waals surface area contributed by atoms with Gasteiger partial charge in [0.15, 0.2) is 0 Å². The van der Waals surface area contributed by atoms with Crippen molar-refractivity contribution >= 4 is 27.5 Å². The summed E-state index contributed by atoms with van der Waals surface area (Å²) >= 11 is 0. The average Bonchev–Trinajstić information content (AvgIpc) is 2.90. The zero-order valence-electron chi connectivity index (χ0n) is 21.8. The summed E-state index contributed by atoms with van der Waals surface area (Å²) in [5, 5.41) is 2.58. The van der Waals surface area contributed by atoms with E-state index in [2.05, 4.69) is 5.32 Å². The Hall–Kier alpha value is -3.85. The van der Waals surface area contributed by atoms with Gasteiger partial charge in [0.2, 0.25) is 11.8 Å². The maximum Gasteiger partial charge on any atom is 0.264 e. The molecule has 0 fully saturated rings. The van der Waals surface area contributed by atoms with E-state index >= 15 is 0 Å². The second-order valence-corrected chi connectivity index (χ2v) is 10.6. The fourth-order valence-electron chi connectivity index (χ4n) is 3.89. The first-order chi connectivity index (χ1) is 17.6. The van der Waals surface area contributed by atoms with Gasteiger partial charge in [0, 0.05) is 19.7 Å². The van der Waals surface area contributed by atoms with E-state index in [1.54, 1.807) is 43.3 Å². The fourth-order valence-corrected chi connectivity index (χ4v) is 5.30. The molecular formula is C28H33N3O5S. The van der Waals surface area contributed by atoms with Crippen LogP contribution in [0, 0.1) is 13.8 Å². The van der Waals surface area contributed by atoms with Crippen LogP contribution in [0.5, 0.6) is 5.75 Å². The lowest BCUT2D eigenvalue weighted by molar-refractivity contribution is -0.139. The molecule has 9 heteroatoms. The molecule has 0 aliphatic heterocycles. The molecule has 0 aliphatic carbocycles. The molecule has 3 aromatic carbocycles. The Morgan fingerprint density at radius 2 is 1.65 bits per heavy atom. The molecule has 3 rings (SSSR count). The fraction of sp³-hybridized carbons (Fsp3) is 0.286. The van der Waals surface area contributed by atoms with Crippen LogP contribution in [-0.2, 0) is 26.2 Å². The monoisotopic (exact) mass is 523 g/mol. The number of carbonyl (C=O) groups excluding carboxylic acids is 2. The Bertz CT molecular complexity index is 1360. The van der Waals surface area contributed by atoms with Crippen LogP contribution in [0.2, 0.25) is 0 Å². The predicted octanol–water partition coefficient (Wildman–Crippen LogP) is 3.67. The van der Waals surface area contributed by atoms with Crippen LogP contribution in [0.15, 0.2) is 77.7 Å². The minimum absolute atomic E-state index is 0.0542. The molecule has 0 unspecified atom stereocenters. The molecule has 8 nitrogen and oxygen atoms in total. The Morgan fingerprint density at radius 3 is 2.27 bits per heavy atom. The smallest absolute Gasteiger partial charge is 0.264 e. The summed E-state index contributed by atoms with van der Waals surface area (Å²) in [6.45, 7) is 5.06. The van der Waals surface area contributed by atoms with Gasteiger partial charge in [-0.1, -0.05) is 48.0 Å². The Morgan fingerprint density at radius 1 is 0.973 bits per heavy atom. The van der Waals surface area contributed by atoms with Gasteiger partial charge < -0.3 is 15.0 Å². The van der Waals surface area contributed by atoms with Crippen LogP contribution in [-0.4, -0.2) is 51.9 Å². The normalized spacial score (nSPS) is 11.9. The lowest BCUT2D eigenvalue weighted by Gasteiger charge is -2.32.